The zero-order chi connectivity index (χ0) is 16.9. The highest BCUT2D eigenvalue weighted by molar-refractivity contribution is 7.99. The quantitative estimate of drug-likeness (QED) is 0.499. The Labute approximate surface area is 144 Å². The molecule has 0 amide bonds. The Morgan fingerprint density at radius 2 is 1.96 bits per heavy atom. The SMILES string of the molecule is COc1cccc(C(=O)CSc2nnc(-c3ccc(C)cc3)o2)c1. The number of ether oxygens (including phenoxy) is 1. The minimum absolute atomic E-state index is 0.0195. The number of methoxy groups -OCH3 is 1. The van der Waals surface area contributed by atoms with E-state index in [1.807, 2.05) is 31.2 Å². The predicted molar refractivity (Wildman–Crippen MR) is 92.5 cm³/mol. The van der Waals surface area contributed by atoms with Crippen LogP contribution in [0.2, 0.25) is 0 Å². The van der Waals surface area contributed by atoms with Gasteiger partial charge in [-0.05, 0) is 31.2 Å². The van der Waals surface area contributed by atoms with Gasteiger partial charge in [0, 0.05) is 11.1 Å². The van der Waals surface area contributed by atoms with E-state index in [1.165, 1.54) is 11.8 Å². The van der Waals surface area contributed by atoms with E-state index in [4.69, 9.17) is 9.15 Å². The fraction of sp³-hybridized carbons (Fsp3) is 0.167. The lowest BCUT2D eigenvalue weighted by atomic mass is 10.1. The van der Waals surface area contributed by atoms with Crippen LogP contribution >= 0.6 is 11.8 Å². The molecule has 0 N–H and O–H groups in total. The van der Waals surface area contributed by atoms with E-state index in [-0.39, 0.29) is 11.5 Å². The van der Waals surface area contributed by atoms with E-state index in [0.29, 0.717) is 22.4 Å². The van der Waals surface area contributed by atoms with Crippen molar-refractivity contribution in [2.75, 3.05) is 12.9 Å². The summed E-state index contributed by atoms with van der Waals surface area (Å²) in [7, 11) is 1.57. The molecule has 1 aromatic heterocycles. The van der Waals surface area contributed by atoms with E-state index in [2.05, 4.69) is 10.2 Å². The van der Waals surface area contributed by atoms with Crippen molar-refractivity contribution in [2.24, 2.45) is 0 Å². The molecular formula is C18H16N2O3S. The summed E-state index contributed by atoms with van der Waals surface area (Å²) in [5, 5.41) is 8.39. The fourth-order valence-corrected chi connectivity index (χ4v) is 2.75. The Hall–Kier alpha value is -2.60. The van der Waals surface area contributed by atoms with Crippen molar-refractivity contribution in [2.45, 2.75) is 12.1 Å². The van der Waals surface area contributed by atoms with Crippen LogP contribution in [-0.4, -0.2) is 28.8 Å². The lowest BCUT2D eigenvalue weighted by Gasteiger charge is -2.02. The van der Waals surface area contributed by atoms with Gasteiger partial charge in [0.25, 0.3) is 5.22 Å². The molecule has 3 aromatic rings. The molecule has 0 aliphatic rings. The number of rotatable bonds is 6. The van der Waals surface area contributed by atoms with Gasteiger partial charge in [0.2, 0.25) is 5.89 Å². The number of benzene rings is 2. The average molecular weight is 340 g/mol. The van der Waals surface area contributed by atoms with Crippen LogP contribution in [0.4, 0.5) is 0 Å². The molecule has 0 unspecified atom stereocenters. The molecule has 0 saturated carbocycles. The number of carbonyl (C=O) groups excluding carboxylic acids is 1. The molecule has 0 saturated heterocycles. The van der Waals surface area contributed by atoms with Crippen molar-refractivity contribution in [1.82, 2.24) is 10.2 Å². The van der Waals surface area contributed by atoms with Crippen LogP contribution in [0.1, 0.15) is 15.9 Å². The summed E-state index contributed by atoms with van der Waals surface area (Å²) in [6, 6.07) is 14.9. The molecule has 2 aromatic carbocycles. The van der Waals surface area contributed by atoms with Crippen molar-refractivity contribution in [3.05, 3.63) is 59.7 Å². The molecular weight excluding hydrogens is 324 g/mol. The second-order valence-electron chi connectivity index (χ2n) is 5.18. The molecule has 3 rings (SSSR count). The number of aryl methyl sites for hydroxylation is 1. The third-order valence-corrected chi connectivity index (χ3v) is 4.24. The van der Waals surface area contributed by atoms with Crippen LogP contribution in [-0.2, 0) is 0 Å². The highest BCUT2D eigenvalue weighted by atomic mass is 32.2. The van der Waals surface area contributed by atoms with Gasteiger partial charge in [0.15, 0.2) is 5.78 Å². The summed E-state index contributed by atoms with van der Waals surface area (Å²) >= 11 is 1.22. The standard InChI is InChI=1S/C18H16N2O3S/c1-12-6-8-13(9-7-12)17-19-20-18(23-17)24-11-16(21)14-4-3-5-15(10-14)22-2/h3-10H,11H2,1-2H3. The molecule has 0 spiro atoms. The van der Waals surface area contributed by atoms with Crippen molar-refractivity contribution in [3.8, 4) is 17.2 Å². The molecule has 0 atom stereocenters. The maximum Gasteiger partial charge on any atom is 0.277 e. The molecule has 1 heterocycles. The second kappa shape index (κ2) is 7.31. The van der Waals surface area contributed by atoms with Crippen LogP contribution in [0.15, 0.2) is 58.2 Å². The molecule has 0 radical (unpaired) electrons. The van der Waals surface area contributed by atoms with E-state index in [1.54, 1.807) is 31.4 Å². The smallest absolute Gasteiger partial charge is 0.277 e. The number of thioether (sulfide) groups is 1. The van der Waals surface area contributed by atoms with Gasteiger partial charge < -0.3 is 9.15 Å². The monoisotopic (exact) mass is 340 g/mol. The first-order valence-electron chi connectivity index (χ1n) is 7.36. The van der Waals surface area contributed by atoms with Gasteiger partial charge in [0.1, 0.15) is 5.75 Å². The minimum Gasteiger partial charge on any atom is -0.497 e. The number of hydrogen-bond acceptors (Lipinski definition) is 6. The van der Waals surface area contributed by atoms with Gasteiger partial charge in [-0.2, -0.15) is 0 Å². The normalized spacial score (nSPS) is 10.6. The number of carbonyl (C=O) groups is 1. The number of Topliss-reactive ketones (excluding diaryl/α,β-unsaturated/α-hetero) is 1. The van der Waals surface area contributed by atoms with E-state index in [0.717, 1.165) is 11.1 Å². The van der Waals surface area contributed by atoms with Gasteiger partial charge in [-0.3, -0.25) is 4.79 Å². The Bertz CT molecular complexity index is 843. The molecule has 0 fully saturated rings. The van der Waals surface area contributed by atoms with Crippen LogP contribution in [0, 0.1) is 6.92 Å². The maximum absolute atomic E-state index is 12.2. The Balaban J connectivity index is 1.64. The Morgan fingerprint density at radius 1 is 1.17 bits per heavy atom. The van der Waals surface area contributed by atoms with Crippen molar-refractivity contribution in [3.63, 3.8) is 0 Å². The van der Waals surface area contributed by atoms with Gasteiger partial charge in [-0.15, -0.1) is 10.2 Å². The summed E-state index contributed by atoms with van der Waals surface area (Å²) < 4.78 is 10.7. The Morgan fingerprint density at radius 3 is 2.71 bits per heavy atom. The van der Waals surface area contributed by atoms with Crippen LogP contribution in [0.3, 0.4) is 0 Å². The van der Waals surface area contributed by atoms with Gasteiger partial charge >= 0.3 is 0 Å². The molecule has 0 aliphatic carbocycles. The number of hydrogen-bond donors (Lipinski definition) is 0. The number of ketones is 1. The molecule has 5 nitrogen and oxygen atoms in total. The highest BCUT2D eigenvalue weighted by Gasteiger charge is 2.13. The molecule has 6 heteroatoms. The number of nitrogens with zero attached hydrogens (tertiary/aromatic N) is 2. The van der Waals surface area contributed by atoms with E-state index in [9.17, 15) is 4.79 Å². The third kappa shape index (κ3) is 3.83. The lowest BCUT2D eigenvalue weighted by molar-refractivity contribution is 0.102. The zero-order valence-corrected chi connectivity index (χ0v) is 14.2. The van der Waals surface area contributed by atoms with Gasteiger partial charge in [-0.25, -0.2) is 0 Å². The zero-order valence-electron chi connectivity index (χ0n) is 13.4. The van der Waals surface area contributed by atoms with Crippen molar-refractivity contribution in [1.29, 1.82) is 0 Å². The van der Waals surface area contributed by atoms with Crippen LogP contribution in [0.5, 0.6) is 5.75 Å². The Kier molecular flexibility index (Phi) is 4.96. The van der Waals surface area contributed by atoms with E-state index >= 15 is 0 Å². The highest BCUT2D eigenvalue weighted by Crippen LogP contribution is 2.24. The summed E-state index contributed by atoms with van der Waals surface area (Å²) in [6.07, 6.45) is 0. The topological polar surface area (TPSA) is 65.2 Å². The lowest BCUT2D eigenvalue weighted by Crippen LogP contribution is -2.02. The molecule has 122 valence electrons. The summed E-state index contributed by atoms with van der Waals surface area (Å²) in [5.74, 6) is 1.31. The summed E-state index contributed by atoms with van der Waals surface area (Å²) in [6.45, 7) is 2.02. The fourth-order valence-electron chi connectivity index (χ4n) is 2.09. The summed E-state index contributed by atoms with van der Waals surface area (Å²) in [4.78, 5) is 12.2. The molecule has 0 bridgehead atoms. The predicted octanol–water partition coefficient (Wildman–Crippen LogP) is 4.03. The maximum atomic E-state index is 12.2. The largest absolute Gasteiger partial charge is 0.497 e. The minimum atomic E-state index is -0.0195. The van der Waals surface area contributed by atoms with Crippen molar-refractivity contribution < 1.29 is 13.9 Å². The molecule has 0 aliphatic heterocycles. The van der Waals surface area contributed by atoms with Crippen LogP contribution in [0.25, 0.3) is 11.5 Å². The molecule has 24 heavy (non-hydrogen) atoms. The van der Waals surface area contributed by atoms with Gasteiger partial charge in [-0.1, -0.05) is 41.6 Å². The van der Waals surface area contributed by atoms with Crippen LogP contribution < -0.4 is 4.74 Å². The summed E-state index contributed by atoms with van der Waals surface area (Å²) in [5.41, 5.74) is 2.62. The second-order valence-corrected chi connectivity index (χ2v) is 6.11. The van der Waals surface area contributed by atoms with Gasteiger partial charge in [0.05, 0.1) is 12.9 Å². The van der Waals surface area contributed by atoms with E-state index < -0.39 is 0 Å². The first kappa shape index (κ1) is 16.3. The first-order valence-corrected chi connectivity index (χ1v) is 8.35. The first-order chi connectivity index (χ1) is 11.7. The number of aromatic nitrogens is 2. The average Bonchev–Trinajstić information content (AvgIpc) is 3.09. The van der Waals surface area contributed by atoms with Crippen molar-refractivity contribution >= 4 is 17.5 Å². The third-order valence-electron chi connectivity index (χ3n) is 3.42.